The molecule has 0 saturated heterocycles. The minimum atomic E-state index is -0.663. The summed E-state index contributed by atoms with van der Waals surface area (Å²) in [6.07, 6.45) is -0.583. The lowest BCUT2D eigenvalue weighted by atomic mass is 10.0. The second-order valence-corrected chi connectivity index (χ2v) is 5.72. The molecule has 0 aliphatic heterocycles. The fourth-order valence-electron chi connectivity index (χ4n) is 1.50. The predicted octanol–water partition coefficient (Wildman–Crippen LogP) is 1.85. The summed E-state index contributed by atoms with van der Waals surface area (Å²) in [5, 5.41) is 0. The number of hydrogen-bond acceptors (Lipinski definition) is 6. The van der Waals surface area contributed by atoms with E-state index in [4.69, 9.17) is 14.2 Å². The Morgan fingerprint density at radius 1 is 1.05 bits per heavy atom. The van der Waals surface area contributed by atoms with Crippen molar-refractivity contribution in [1.29, 1.82) is 0 Å². The molecular formula is C14H24O6. The Balaban J connectivity index is 4.52. The van der Waals surface area contributed by atoms with Gasteiger partial charge in [0.2, 0.25) is 0 Å². The summed E-state index contributed by atoms with van der Waals surface area (Å²) >= 11 is 0. The van der Waals surface area contributed by atoms with E-state index in [1.54, 1.807) is 27.7 Å². The average Bonchev–Trinajstić information content (AvgIpc) is 2.20. The molecule has 116 valence electrons. The Morgan fingerprint density at radius 3 is 2.00 bits per heavy atom. The first-order valence-electron chi connectivity index (χ1n) is 6.53. The molecule has 0 aliphatic rings. The summed E-state index contributed by atoms with van der Waals surface area (Å²) in [4.78, 5) is 33.6. The number of esters is 3. The third-order valence-electron chi connectivity index (χ3n) is 2.31. The molecule has 0 bridgehead atoms. The molecule has 0 aromatic carbocycles. The van der Waals surface area contributed by atoms with Crippen molar-refractivity contribution in [3.63, 3.8) is 0 Å². The van der Waals surface area contributed by atoms with Crippen LogP contribution in [0.1, 0.15) is 48.0 Å². The smallest absolute Gasteiger partial charge is 0.306 e. The molecule has 0 aromatic rings. The van der Waals surface area contributed by atoms with Crippen LogP contribution in [0.4, 0.5) is 0 Å². The maximum absolute atomic E-state index is 11.7. The van der Waals surface area contributed by atoms with Crippen molar-refractivity contribution in [2.24, 2.45) is 5.92 Å². The third-order valence-corrected chi connectivity index (χ3v) is 2.31. The van der Waals surface area contributed by atoms with Crippen LogP contribution in [-0.2, 0) is 28.6 Å². The normalized spacial score (nSPS) is 14.1. The van der Waals surface area contributed by atoms with E-state index >= 15 is 0 Å². The van der Waals surface area contributed by atoms with Gasteiger partial charge in [0.25, 0.3) is 0 Å². The van der Waals surface area contributed by atoms with Crippen LogP contribution in [0.5, 0.6) is 0 Å². The number of carbonyl (C=O) groups excluding carboxylic acids is 3. The standard InChI is InChI=1S/C14H24O6/c1-9(7-13(17)20-14(4,5)6)12(19-11(3)16)8-18-10(2)15/h9,12H,7-8H2,1-6H3. The van der Waals surface area contributed by atoms with Gasteiger partial charge >= 0.3 is 17.9 Å². The molecule has 0 fully saturated rings. The van der Waals surface area contributed by atoms with E-state index in [1.165, 1.54) is 13.8 Å². The largest absolute Gasteiger partial charge is 0.462 e. The molecule has 2 unspecified atom stereocenters. The molecule has 2 atom stereocenters. The van der Waals surface area contributed by atoms with E-state index in [1.807, 2.05) is 0 Å². The van der Waals surface area contributed by atoms with Gasteiger partial charge in [-0.3, -0.25) is 14.4 Å². The van der Waals surface area contributed by atoms with Gasteiger partial charge in [-0.25, -0.2) is 0 Å². The van der Waals surface area contributed by atoms with Gasteiger partial charge in [0.1, 0.15) is 18.3 Å². The minimum absolute atomic E-state index is 0.0706. The molecule has 0 N–H and O–H groups in total. The molecule has 6 heteroatoms. The lowest BCUT2D eigenvalue weighted by Gasteiger charge is -2.25. The molecule has 0 spiro atoms. The molecule has 0 saturated carbocycles. The van der Waals surface area contributed by atoms with Gasteiger partial charge in [0.15, 0.2) is 0 Å². The molecule has 0 aliphatic carbocycles. The maximum atomic E-state index is 11.7. The van der Waals surface area contributed by atoms with E-state index in [2.05, 4.69) is 0 Å². The number of hydrogen-bond donors (Lipinski definition) is 0. The molecular weight excluding hydrogens is 264 g/mol. The second kappa shape index (κ2) is 7.87. The molecule has 20 heavy (non-hydrogen) atoms. The van der Waals surface area contributed by atoms with Crippen LogP contribution in [0.15, 0.2) is 0 Å². The fraction of sp³-hybridized carbons (Fsp3) is 0.786. The fourth-order valence-corrected chi connectivity index (χ4v) is 1.50. The van der Waals surface area contributed by atoms with Gasteiger partial charge in [0.05, 0.1) is 6.42 Å². The van der Waals surface area contributed by atoms with Crippen LogP contribution < -0.4 is 0 Å². The van der Waals surface area contributed by atoms with Crippen molar-refractivity contribution in [3.05, 3.63) is 0 Å². The van der Waals surface area contributed by atoms with Gasteiger partial charge in [0, 0.05) is 19.8 Å². The van der Waals surface area contributed by atoms with Crippen LogP contribution in [0, 0.1) is 5.92 Å². The van der Waals surface area contributed by atoms with Gasteiger partial charge in [-0.2, -0.15) is 0 Å². The zero-order chi connectivity index (χ0) is 15.9. The lowest BCUT2D eigenvalue weighted by Crippen LogP contribution is -2.33. The summed E-state index contributed by atoms with van der Waals surface area (Å²) in [5.74, 6) is -1.65. The molecule has 0 heterocycles. The zero-order valence-corrected chi connectivity index (χ0v) is 13.0. The molecule has 0 radical (unpaired) electrons. The maximum Gasteiger partial charge on any atom is 0.306 e. The van der Waals surface area contributed by atoms with Crippen LogP contribution in [0.3, 0.4) is 0 Å². The summed E-state index contributed by atoms with van der Waals surface area (Å²) < 4.78 is 15.1. The van der Waals surface area contributed by atoms with Gasteiger partial charge in [-0.15, -0.1) is 0 Å². The van der Waals surface area contributed by atoms with E-state index in [9.17, 15) is 14.4 Å². The zero-order valence-electron chi connectivity index (χ0n) is 13.0. The Labute approximate surface area is 119 Å². The van der Waals surface area contributed by atoms with Crippen molar-refractivity contribution in [2.45, 2.75) is 59.7 Å². The summed E-state index contributed by atoms with van der Waals surface area (Å²) in [5.41, 5.74) is -0.566. The molecule has 0 amide bonds. The number of rotatable bonds is 6. The minimum Gasteiger partial charge on any atom is -0.462 e. The van der Waals surface area contributed by atoms with E-state index in [-0.39, 0.29) is 24.9 Å². The Kier molecular flexibility index (Phi) is 7.24. The van der Waals surface area contributed by atoms with E-state index in [0.717, 1.165) is 0 Å². The lowest BCUT2D eigenvalue weighted by molar-refractivity contribution is -0.164. The number of carbonyl (C=O) groups is 3. The summed E-state index contributed by atoms with van der Waals surface area (Å²) in [6, 6.07) is 0. The summed E-state index contributed by atoms with van der Waals surface area (Å²) in [7, 11) is 0. The van der Waals surface area contributed by atoms with Gasteiger partial charge in [-0.05, 0) is 20.8 Å². The molecule has 6 nitrogen and oxygen atoms in total. The topological polar surface area (TPSA) is 78.9 Å². The van der Waals surface area contributed by atoms with Gasteiger partial charge < -0.3 is 14.2 Å². The third kappa shape index (κ3) is 9.35. The van der Waals surface area contributed by atoms with Gasteiger partial charge in [-0.1, -0.05) is 6.92 Å². The van der Waals surface area contributed by atoms with Crippen LogP contribution >= 0.6 is 0 Å². The number of ether oxygens (including phenoxy) is 3. The highest BCUT2D eigenvalue weighted by Gasteiger charge is 2.26. The SMILES string of the molecule is CC(=O)OCC(OC(C)=O)C(C)CC(=O)OC(C)(C)C. The van der Waals surface area contributed by atoms with E-state index in [0.29, 0.717) is 0 Å². The van der Waals surface area contributed by atoms with Crippen molar-refractivity contribution >= 4 is 17.9 Å². The molecule has 0 aromatic heterocycles. The summed E-state index contributed by atoms with van der Waals surface area (Å²) in [6.45, 7) is 9.53. The highest BCUT2D eigenvalue weighted by molar-refractivity contribution is 5.70. The highest BCUT2D eigenvalue weighted by atomic mass is 16.6. The first-order valence-corrected chi connectivity index (χ1v) is 6.53. The monoisotopic (exact) mass is 288 g/mol. The average molecular weight is 288 g/mol. The Hall–Kier alpha value is -1.59. The first kappa shape index (κ1) is 18.4. The van der Waals surface area contributed by atoms with Crippen LogP contribution in [-0.4, -0.2) is 36.2 Å². The molecule has 0 rings (SSSR count). The Morgan fingerprint density at radius 2 is 1.60 bits per heavy atom. The Bertz CT molecular complexity index is 355. The van der Waals surface area contributed by atoms with Crippen LogP contribution in [0.2, 0.25) is 0 Å². The van der Waals surface area contributed by atoms with Crippen LogP contribution in [0.25, 0.3) is 0 Å². The van der Waals surface area contributed by atoms with Crippen molar-refractivity contribution in [1.82, 2.24) is 0 Å². The van der Waals surface area contributed by atoms with Crippen molar-refractivity contribution in [3.8, 4) is 0 Å². The predicted molar refractivity (Wildman–Crippen MR) is 71.8 cm³/mol. The quantitative estimate of drug-likeness (QED) is 0.548. The van der Waals surface area contributed by atoms with Crippen molar-refractivity contribution < 1.29 is 28.6 Å². The second-order valence-electron chi connectivity index (χ2n) is 5.72. The van der Waals surface area contributed by atoms with E-state index < -0.39 is 23.6 Å². The van der Waals surface area contributed by atoms with Crippen molar-refractivity contribution in [2.75, 3.05) is 6.61 Å². The first-order chi connectivity index (χ1) is 9.01. The highest BCUT2D eigenvalue weighted by Crippen LogP contribution is 2.17.